The minimum absolute atomic E-state index is 0.352. The summed E-state index contributed by atoms with van der Waals surface area (Å²) in [6.45, 7) is 2.65. The summed E-state index contributed by atoms with van der Waals surface area (Å²) in [4.78, 5) is 11.4. The Hall–Kier alpha value is -3.53. The van der Waals surface area contributed by atoms with Crippen molar-refractivity contribution in [2.24, 2.45) is 0 Å². The van der Waals surface area contributed by atoms with E-state index in [9.17, 15) is 4.79 Å². The molecular formula is C24H22O4. The first kappa shape index (κ1) is 19.2. The van der Waals surface area contributed by atoms with Gasteiger partial charge >= 0.3 is 5.97 Å². The van der Waals surface area contributed by atoms with Crippen LogP contribution < -0.4 is 9.47 Å². The second-order valence-corrected chi connectivity index (χ2v) is 6.01. The van der Waals surface area contributed by atoms with Gasteiger partial charge in [0.15, 0.2) is 0 Å². The molecule has 0 bridgehead atoms. The lowest BCUT2D eigenvalue weighted by Crippen LogP contribution is -1.98. The van der Waals surface area contributed by atoms with Crippen molar-refractivity contribution in [2.75, 3.05) is 6.61 Å². The average Bonchev–Trinajstić information content (AvgIpc) is 2.73. The molecule has 0 unspecified atom stereocenters. The molecule has 0 radical (unpaired) electrons. The van der Waals surface area contributed by atoms with Crippen molar-refractivity contribution in [2.45, 2.75) is 13.5 Å². The zero-order valence-corrected chi connectivity index (χ0v) is 15.7. The van der Waals surface area contributed by atoms with E-state index in [4.69, 9.17) is 14.2 Å². The van der Waals surface area contributed by atoms with E-state index in [1.54, 1.807) is 13.0 Å². The molecule has 0 saturated carbocycles. The molecule has 0 saturated heterocycles. The first-order valence-corrected chi connectivity index (χ1v) is 9.12. The minimum Gasteiger partial charge on any atom is -0.489 e. The Morgan fingerprint density at radius 1 is 0.857 bits per heavy atom. The van der Waals surface area contributed by atoms with E-state index in [1.165, 1.54) is 6.08 Å². The predicted molar refractivity (Wildman–Crippen MR) is 109 cm³/mol. The average molecular weight is 374 g/mol. The monoisotopic (exact) mass is 374 g/mol. The molecule has 0 spiro atoms. The highest BCUT2D eigenvalue weighted by atomic mass is 16.5. The van der Waals surface area contributed by atoms with Crippen molar-refractivity contribution in [3.05, 3.63) is 96.1 Å². The Balaban J connectivity index is 1.58. The number of carbonyl (C=O) groups excluding carboxylic acids is 1. The third-order valence-electron chi connectivity index (χ3n) is 3.87. The second-order valence-electron chi connectivity index (χ2n) is 6.01. The number of hydrogen-bond donors (Lipinski definition) is 0. The number of ether oxygens (including phenoxy) is 3. The maximum absolute atomic E-state index is 11.4. The fourth-order valence-corrected chi connectivity index (χ4v) is 2.51. The first-order valence-electron chi connectivity index (χ1n) is 9.12. The number of esters is 1. The van der Waals surface area contributed by atoms with Gasteiger partial charge in [-0.05, 0) is 48.4 Å². The van der Waals surface area contributed by atoms with Crippen molar-refractivity contribution in [3.8, 4) is 17.2 Å². The van der Waals surface area contributed by atoms with Gasteiger partial charge in [0.1, 0.15) is 23.9 Å². The summed E-state index contributed by atoms with van der Waals surface area (Å²) in [5.74, 6) is 1.79. The molecule has 3 rings (SSSR count). The first-order chi connectivity index (χ1) is 13.7. The number of hydrogen-bond acceptors (Lipinski definition) is 4. The third kappa shape index (κ3) is 6.02. The SMILES string of the molecule is CCOC(=O)/C=C\c1ccc(Oc2cccc(OCc3ccccc3)c2)cc1. The van der Waals surface area contributed by atoms with Gasteiger partial charge in [-0.15, -0.1) is 0 Å². The van der Waals surface area contributed by atoms with Crippen molar-refractivity contribution in [1.29, 1.82) is 0 Å². The van der Waals surface area contributed by atoms with Gasteiger partial charge < -0.3 is 14.2 Å². The van der Waals surface area contributed by atoms with Gasteiger partial charge in [-0.25, -0.2) is 4.79 Å². The summed E-state index contributed by atoms with van der Waals surface area (Å²) in [5.41, 5.74) is 2.00. The molecule has 0 aromatic heterocycles. The maximum Gasteiger partial charge on any atom is 0.330 e. The van der Waals surface area contributed by atoms with Crippen molar-refractivity contribution in [3.63, 3.8) is 0 Å². The minimum atomic E-state index is -0.352. The van der Waals surface area contributed by atoms with Crippen LogP contribution in [0.2, 0.25) is 0 Å². The van der Waals surface area contributed by atoms with Crippen LogP contribution in [0, 0.1) is 0 Å². The highest BCUT2D eigenvalue weighted by Gasteiger charge is 2.01. The Kier molecular flexibility index (Phi) is 6.85. The Labute approximate surface area is 165 Å². The van der Waals surface area contributed by atoms with Crippen molar-refractivity contribution < 1.29 is 19.0 Å². The molecule has 0 atom stereocenters. The molecule has 0 amide bonds. The van der Waals surface area contributed by atoms with Crippen LogP contribution in [-0.4, -0.2) is 12.6 Å². The van der Waals surface area contributed by atoms with Gasteiger partial charge in [-0.2, -0.15) is 0 Å². The van der Waals surface area contributed by atoms with E-state index < -0.39 is 0 Å². The summed E-state index contributed by atoms with van der Waals surface area (Å²) in [5, 5.41) is 0. The van der Waals surface area contributed by atoms with Crippen LogP contribution in [0.3, 0.4) is 0 Å². The highest BCUT2D eigenvalue weighted by molar-refractivity contribution is 5.87. The van der Waals surface area contributed by atoms with E-state index in [0.29, 0.717) is 24.7 Å². The molecule has 28 heavy (non-hydrogen) atoms. The Morgan fingerprint density at radius 3 is 2.36 bits per heavy atom. The lowest BCUT2D eigenvalue weighted by Gasteiger charge is -2.09. The molecule has 3 aromatic carbocycles. The van der Waals surface area contributed by atoms with Crippen LogP contribution in [0.1, 0.15) is 18.1 Å². The zero-order chi connectivity index (χ0) is 19.6. The smallest absolute Gasteiger partial charge is 0.330 e. The van der Waals surface area contributed by atoms with Gasteiger partial charge in [0.05, 0.1) is 6.61 Å². The van der Waals surface area contributed by atoms with Crippen molar-refractivity contribution >= 4 is 12.0 Å². The van der Waals surface area contributed by atoms with E-state index in [2.05, 4.69) is 0 Å². The molecule has 0 fully saturated rings. The van der Waals surface area contributed by atoms with Crippen LogP contribution in [0.4, 0.5) is 0 Å². The fraction of sp³-hybridized carbons (Fsp3) is 0.125. The highest BCUT2D eigenvalue weighted by Crippen LogP contribution is 2.26. The zero-order valence-electron chi connectivity index (χ0n) is 15.7. The topological polar surface area (TPSA) is 44.8 Å². The van der Waals surface area contributed by atoms with Crippen LogP contribution in [0.15, 0.2) is 84.9 Å². The van der Waals surface area contributed by atoms with E-state index in [1.807, 2.05) is 78.9 Å². The lowest BCUT2D eigenvalue weighted by molar-refractivity contribution is -0.137. The molecule has 4 nitrogen and oxygen atoms in total. The van der Waals surface area contributed by atoms with Gasteiger partial charge in [0, 0.05) is 12.1 Å². The third-order valence-corrected chi connectivity index (χ3v) is 3.87. The predicted octanol–water partition coefficient (Wildman–Crippen LogP) is 5.63. The normalized spacial score (nSPS) is 10.6. The fourth-order valence-electron chi connectivity index (χ4n) is 2.51. The molecule has 4 heteroatoms. The van der Waals surface area contributed by atoms with Crippen LogP contribution in [0.5, 0.6) is 17.2 Å². The number of benzene rings is 3. The van der Waals surface area contributed by atoms with Crippen molar-refractivity contribution in [1.82, 2.24) is 0 Å². The number of rotatable bonds is 8. The summed E-state index contributed by atoms with van der Waals surface area (Å²) in [6.07, 6.45) is 3.12. The molecule has 3 aromatic rings. The van der Waals surface area contributed by atoms with Gasteiger partial charge in [0.2, 0.25) is 0 Å². The Bertz CT molecular complexity index is 915. The largest absolute Gasteiger partial charge is 0.489 e. The standard InChI is InChI=1S/C24H22O4/c1-2-26-24(25)16-13-19-11-14-21(15-12-19)28-23-10-6-9-22(17-23)27-18-20-7-4-3-5-8-20/h3-17H,2,18H2,1H3/b16-13-. The molecule has 0 aliphatic heterocycles. The van der Waals surface area contributed by atoms with Crippen LogP contribution >= 0.6 is 0 Å². The van der Waals surface area contributed by atoms with Gasteiger partial charge in [0.25, 0.3) is 0 Å². The summed E-state index contributed by atoms with van der Waals surface area (Å²) < 4.78 is 16.6. The molecule has 0 heterocycles. The molecule has 0 N–H and O–H groups in total. The Morgan fingerprint density at radius 2 is 1.61 bits per heavy atom. The van der Waals surface area contributed by atoms with Crippen LogP contribution in [0.25, 0.3) is 6.08 Å². The molecule has 142 valence electrons. The maximum atomic E-state index is 11.4. The quantitative estimate of drug-likeness (QED) is 0.378. The van der Waals surface area contributed by atoms with Gasteiger partial charge in [-0.3, -0.25) is 0 Å². The van der Waals surface area contributed by atoms with Gasteiger partial charge in [-0.1, -0.05) is 48.5 Å². The molecular weight excluding hydrogens is 352 g/mol. The lowest BCUT2D eigenvalue weighted by atomic mass is 10.2. The van der Waals surface area contributed by atoms with E-state index in [0.717, 1.165) is 16.9 Å². The van der Waals surface area contributed by atoms with E-state index >= 15 is 0 Å². The van der Waals surface area contributed by atoms with Crippen LogP contribution in [-0.2, 0) is 16.1 Å². The summed E-state index contributed by atoms with van der Waals surface area (Å²) >= 11 is 0. The summed E-state index contributed by atoms with van der Waals surface area (Å²) in [6, 6.07) is 25.0. The summed E-state index contributed by atoms with van der Waals surface area (Å²) in [7, 11) is 0. The molecule has 0 aliphatic rings. The van der Waals surface area contributed by atoms with E-state index in [-0.39, 0.29) is 5.97 Å². The molecule has 0 aliphatic carbocycles. The second kappa shape index (κ2) is 9.97. The number of carbonyl (C=O) groups is 1.